The number of nitrogens with one attached hydrogen (secondary N) is 1. The highest BCUT2D eigenvalue weighted by atomic mass is 16.6. The van der Waals surface area contributed by atoms with Crippen molar-refractivity contribution in [1.29, 1.82) is 0 Å². The Morgan fingerprint density at radius 3 is 3.08 bits per heavy atom. The molecule has 0 radical (unpaired) electrons. The minimum atomic E-state index is -0.887. The van der Waals surface area contributed by atoms with Gasteiger partial charge in [-0.3, -0.25) is 15.2 Å². The molecule has 1 aromatic heterocycles. The van der Waals surface area contributed by atoms with E-state index in [2.05, 4.69) is 15.2 Å². The molecule has 1 aromatic carbocycles. The summed E-state index contributed by atoms with van der Waals surface area (Å²) in [6, 6.07) is 5.06. The maximum absolute atomic E-state index is 12.0. The van der Waals surface area contributed by atoms with Gasteiger partial charge in [-0.1, -0.05) is 31.5 Å². The molecule has 4 rings (SSSR count). The van der Waals surface area contributed by atoms with Gasteiger partial charge in [0, 0.05) is 16.1 Å². The second kappa shape index (κ2) is 6.31. The smallest absolute Gasteiger partial charge is 0.262 e. The third-order valence-corrected chi connectivity index (χ3v) is 4.93. The van der Waals surface area contributed by atoms with Crippen LogP contribution in [0, 0.1) is 10.1 Å². The molecule has 0 bridgehead atoms. The van der Waals surface area contributed by atoms with E-state index >= 15 is 0 Å². The standard InChI is InChI=1S/C18H20N4O3/c1-2-5-14-16(22(23)24)15(13-10-19-21-18(13)20-14)12-8-3-6-11-7-4-9-25-17(11)12/h3,6,8,10,15-16H,2,4-5,7,9H2,1H3,(H,19,21). The lowest BCUT2D eigenvalue weighted by atomic mass is 9.80. The fraction of sp³-hybridized carbons (Fsp3) is 0.444. The highest BCUT2D eigenvalue weighted by Gasteiger charge is 2.44. The summed E-state index contributed by atoms with van der Waals surface area (Å²) in [6.45, 7) is 2.65. The van der Waals surface area contributed by atoms with Crippen LogP contribution in [0.3, 0.4) is 0 Å². The molecular weight excluding hydrogens is 320 g/mol. The molecule has 130 valence electrons. The topological polar surface area (TPSA) is 93.4 Å². The Hall–Kier alpha value is -2.70. The average Bonchev–Trinajstić information content (AvgIpc) is 3.08. The first-order valence-electron chi connectivity index (χ1n) is 8.69. The number of hydrogen-bond acceptors (Lipinski definition) is 5. The molecule has 1 N–H and O–H groups in total. The molecule has 0 saturated heterocycles. The zero-order valence-electron chi connectivity index (χ0n) is 14.1. The third kappa shape index (κ3) is 2.59. The number of nitro groups is 1. The van der Waals surface area contributed by atoms with Gasteiger partial charge in [-0.25, -0.2) is 4.99 Å². The number of aliphatic imine (C=N–C) groups is 1. The highest BCUT2D eigenvalue weighted by molar-refractivity contribution is 5.94. The predicted molar refractivity (Wildman–Crippen MR) is 93.5 cm³/mol. The van der Waals surface area contributed by atoms with Crippen LogP contribution in [0.25, 0.3) is 0 Å². The Kier molecular flexibility index (Phi) is 3.99. The molecule has 0 spiro atoms. The van der Waals surface area contributed by atoms with E-state index in [0.29, 0.717) is 24.6 Å². The van der Waals surface area contributed by atoms with Crippen molar-refractivity contribution in [1.82, 2.24) is 10.2 Å². The SMILES string of the molecule is CCCC1=Nc2[nH]ncc2C(c2cccc3c2OCCC3)C1[N+](=O)[O-]. The van der Waals surface area contributed by atoms with Crippen molar-refractivity contribution in [2.75, 3.05) is 6.61 Å². The quantitative estimate of drug-likeness (QED) is 0.682. The van der Waals surface area contributed by atoms with Gasteiger partial charge >= 0.3 is 0 Å². The normalized spacial score (nSPS) is 21.7. The molecule has 0 fully saturated rings. The van der Waals surface area contributed by atoms with Gasteiger partial charge in [-0.15, -0.1) is 0 Å². The number of rotatable bonds is 4. The number of aromatic nitrogens is 2. The summed E-state index contributed by atoms with van der Waals surface area (Å²) < 4.78 is 5.93. The van der Waals surface area contributed by atoms with Crippen molar-refractivity contribution in [2.24, 2.45) is 4.99 Å². The third-order valence-electron chi connectivity index (χ3n) is 4.93. The molecule has 3 heterocycles. The van der Waals surface area contributed by atoms with Crippen molar-refractivity contribution in [3.05, 3.63) is 51.2 Å². The van der Waals surface area contributed by atoms with Crippen LogP contribution < -0.4 is 4.74 Å². The second-order valence-electron chi connectivity index (χ2n) is 6.52. The van der Waals surface area contributed by atoms with Crippen LogP contribution in [0.1, 0.15) is 48.8 Å². The zero-order chi connectivity index (χ0) is 17.4. The van der Waals surface area contributed by atoms with Crippen LogP contribution in [-0.4, -0.2) is 33.5 Å². The van der Waals surface area contributed by atoms with Crippen molar-refractivity contribution >= 4 is 11.5 Å². The largest absolute Gasteiger partial charge is 0.493 e. The molecule has 0 aliphatic carbocycles. The van der Waals surface area contributed by atoms with Crippen molar-refractivity contribution in [3.63, 3.8) is 0 Å². The minimum Gasteiger partial charge on any atom is -0.493 e. The molecule has 2 aliphatic rings. The zero-order valence-corrected chi connectivity index (χ0v) is 14.1. The van der Waals surface area contributed by atoms with Gasteiger partial charge in [0.25, 0.3) is 6.04 Å². The van der Waals surface area contributed by atoms with Gasteiger partial charge in [-0.05, 0) is 24.8 Å². The van der Waals surface area contributed by atoms with Crippen LogP contribution in [0.15, 0.2) is 29.4 Å². The molecule has 2 atom stereocenters. The number of aryl methyl sites for hydroxylation is 1. The fourth-order valence-electron chi connectivity index (χ4n) is 3.88. The molecule has 25 heavy (non-hydrogen) atoms. The van der Waals surface area contributed by atoms with Crippen LogP contribution in [0.4, 0.5) is 5.82 Å². The fourth-order valence-corrected chi connectivity index (χ4v) is 3.88. The van der Waals surface area contributed by atoms with Gasteiger partial charge < -0.3 is 4.74 Å². The van der Waals surface area contributed by atoms with Gasteiger partial charge in [0.1, 0.15) is 5.75 Å². The lowest BCUT2D eigenvalue weighted by molar-refractivity contribution is -0.505. The van der Waals surface area contributed by atoms with Crippen molar-refractivity contribution in [3.8, 4) is 5.75 Å². The number of hydrogen-bond donors (Lipinski definition) is 1. The Morgan fingerprint density at radius 2 is 2.28 bits per heavy atom. The van der Waals surface area contributed by atoms with Gasteiger partial charge in [0.15, 0.2) is 5.82 Å². The van der Waals surface area contributed by atoms with E-state index in [1.807, 2.05) is 25.1 Å². The molecule has 0 amide bonds. The Morgan fingerprint density at radius 1 is 1.40 bits per heavy atom. The Bertz CT molecular complexity index is 843. The summed E-state index contributed by atoms with van der Waals surface area (Å²) in [5.41, 5.74) is 3.35. The number of ether oxygens (including phenoxy) is 1. The molecule has 7 heteroatoms. The molecular formula is C18H20N4O3. The lowest BCUT2D eigenvalue weighted by Gasteiger charge is -2.29. The number of H-pyrrole nitrogens is 1. The maximum atomic E-state index is 12.0. The number of fused-ring (bicyclic) bond motifs is 2. The minimum absolute atomic E-state index is 0.211. The van der Waals surface area contributed by atoms with E-state index in [1.54, 1.807) is 6.20 Å². The molecule has 0 saturated carbocycles. The Balaban J connectivity index is 1.90. The van der Waals surface area contributed by atoms with Crippen LogP contribution in [0.5, 0.6) is 5.75 Å². The lowest BCUT2D eigenvalue weighted by Crippen LogP contribution is -2.38. The van der Waals surface area contributed by atoms with Gasteiger partial charge in [0.05, 0.1) is 24.4 Å². The number of nitrogens with zero attached hydrogens (tertiary/aromatic N) is 3. The van der Waals surface area contributed by atoms with E-state index in [-0.39, 0.29) is 4.92 Å². The molecule has 2 aliphatic heterocycles. The van der Waals surface area contributed by atoms with Crippen molar-refractivity contribution < 1.29 is 9.66 Å². The van der Waals surface area contributed by atoms with Crippen LogP contribution in [0.2, 0.25) is 0 Å². The van der Waals surface area contributed by atoms with E-state index in [1.165, 1.54) is 0 Å². The summed E-state index contributed by atoms with van der Waals surface area (Å²) in [5, 5.41) is 18.9. The molecule has 2 aromatic rings. The van der Waals surface area contributed by atoms with E-state index in [0.717, 1.165) is 41.7 Å². The first-order valence-corrected chi connectivity index (χ1v) is 8.69. The summed E-state index contributed by atoms with van der Waals surface area (Å²) in [7, 11) is 0. The Labute approximate surface area is 145 Å². The summed E-state index contributed by atoms with van der Waals surface area (Å²) in [6.07, 6.45) is 4.97. The number of aromatic amines is 1. The van der Waals surface area contributed by atoms with Crippen LogP contribution >= 0.6 is 0 Å². The first-order chi connectivity index (χ1) is 12.2. The predicted octanol–water partition coefficient (Wildman–Crippen LogP) is 3.40. The van der Waals surface area contributed by atoms with E-state index in [9.17, 15) is 10.1 Å². The summed E-state index contributed by atoms with van der Waals surface area (Å²) in [5.74, 6) is 0.992. The monoisotopic (exact) mass is 340 g/mol. The number of para-hydroxylation sites is 1. The number of benzene rings is 1. The van der Waals surface area contributed by atoms with Gasteiger partial charge in [0.2, 0.25) is 0 Å². The van der Waals surface area contributed by atoms with E-state index < -0.39 is 12.0 Å². The van der Waals surface area contributed by atoms with Gasteiger partial charge in [-0.2, -0.15) is 5.10 Å². The maximum Gasteiger partial charge on any atom is 0.262 e. The second-order valence-corrected chi connectivity index (χ2v) is 6.52. The summed E-state index contributed by atoms with van der Waals surface area (Å²) in [4.78, 5) is 16.3. The van der Waals surface area contributed by atoms with Crippen LogP contribution in [-0.2, 0) is 6.42 Å². The first kappa shape index (κ1) is 15.8. The summed E-state index contributed by atoms with van der Waals surface area (Å²) >= 11 is 0. The van der Waals surface area contributed by atoms with E-state index in [4.69, 9.17) is 4.74 Å². The highest BCUT2D eigenvalue weighted by Crippen LogP contribution is 2.44. The average molecular weight is 340 g/mol. The molecule has 7 nitrogen and oxygen atoms in total. The van der Waals surface area contributed by atoms with Crippen molar-refractivity contribution in [2.45, 2.75) is 44.6 Å². The molecule has 2 unspecified atom stereocenters.